The lowest BCUT2D eigenvalue weighted by Crippen LogP contribution is -2.16. The molecular formula is C61H42N2S. The highest BCUT2D eigenvalue weighted by atomic mass is 32.1. The predicted octanol–water partition coefficient (Wildman–Crippen LogP) is 17.4. The average molecular weight is 835 g/mol. The molecule has 302 valence electrons. The first kappa shape index (κ1) is 36.9. The Hall–Kier alpha value is -7.72. The van der Waals surface area contributed by atoms with Gasteiger partial charge in [-0.1, -0.05) is 178 Å². The van der Waals surface area contributed by atoms with Crippen molar-refractivity contribution in [1.29, 1.82) is 0 Å². The summed E-state index contributed by atoms with van der Waals surface area (Å²) in [6.07, 6.45) is 0. The second-order valence-electron chi connectivity index (χ2n) is 17.7. The van der Waals surface area contributed by atoms with E-state index in [0.29, 0.717) is 0 Å². The summed E-state index contributed by atoms with van der Waals surface area (Å²) in [5.41, 5.74) is 17.1. The van der Waals surface area contributed by atoms with Crippen LogP contribution < -0.4 is 4.90 Å². The smallest absolute Gasteiger partial charge is 0.0541 e. The molecule has 2 nitrogen and oxygen atoms in total. The first-order chi connectivity index (χ1) is 31.5. The quantitative estimate of drug-likeness (QED) is 0.162. The number of para-hydroxylation sites is 3. The number of anilines is 3. The number of rotatable bonds is 6. The minimum atomic E-state index is -0.119. The Balaban J connectivity index is 0.936. The molecule has 0 unspecified atom stereocenters. The van der Waals surface area contributed by atoms with Crippen LogP contribution >= 0.6 is 11.3 Å². The molecule has 1 aliphatic rings. The number of nitrogens with zero attached hydrogens (tertiary/aromatic N) is 2. The summed E-state index contributed by atoms with van der Waals surface area (Å²) < 4.78 is 5.11. The molecular weight excluding hydrogens is 793 g/mol. The average Bonchev–Trinajstić information content (AvgIpc) is 3.98. The van der Waals surface area contributed by atoms with Gasteiger partial charge in [-0.2, -0.15) is 0 Å². The number of thiophene rings is 1. The number of hydrogen-bond acceptors (Lipinski definition) is 2. The maximum atomic E-state index is 2.43. The van der Waals surface area contributed by atoms with Crippen LogP contribution in [0.2, 0.25) is 0 Å². The molecule has 0 radical (unpaired) electrons. The Bertz CT molecular complexity index is 3760. The van der Waals surface area contributed by atoms with Crippen LogP contribution in [0.3, 0.4) is 0 Å². The zero-order chi connectivity index (χ0) is 42.5. The molecule has 64 heavy (non-hydrogen) atoms. The number of aromatic nitrogens is 1. The molecule has 0 saturated carbocycles. The molecule has 2 aromatic heterocycles. The Labute approximate surface area is 376 Å². The first-order valence-corrected chi connectivity index (χ1v) is 23.0. The molecule has 2 heterocycles. The van der Waals surface area contributed by atoms with Crippen LogP contribution in [0.4, 0.5) is 17.1 Å². The third-order valence-corrected chi connectivity index (χ3v) is 15.1. The Morgan fingerprint density at radius 1 is 0.375 bits per heavy atom. The third kappa shape index (κ3) is 5.51. The van der Waals surface area contributed by atoms with Crippen LogP contribution in [0.25, 0.3) is 91.8 Å². The highest BCUT2D eigenvalue weighted by molar-refractivity contribution is 7.27. The van der Waals surface area contributed by atoms with Gasteiger partial charge < -0.3 is 9.47 Å². The van der Waals surface area contributed by atoms with Crippen LogP contribution in [0.15, 0.2) is 218 Å². The topological polar surface area (TPSA) is 8.17 Å². The van der Waals surface area contributed by atoms with Gasteiger partial charge in [-0.15, -0.1) is 11.3 Å². The summed E-state index contributed by atoms with van der Waals surface area (Å²) in [6, 6.07) is 80.7. The van der Waals surface area contributed by atoms with E-state index >= 15 is 0 Å². The zero-order valence-electron chi connectivity index (χ0n) is 35.6. The normalized spacial score (nSPS) is 13.0. The van der Waals surface area contributed by atoms with Crippen molar-refractivity contribution in [3.8, 4) is 39.1 Å². The summed E-state index contributed by atoms with van der Waals surface area (Å²) in [5.74, 6) is 0. The van der Waals surface area contributed by atoms with E-state index in [0.717, 1.165) is 17.1 Å². The lowest BCUT2D eigenvalue weighted by molar-refractivity contribution is 0.660. The highest BCUT2D eigenvalue weighted by Crippen LogP contribution is 2.51. The zero-order valence-corrected chi connectivity index (χ0v) is 36.4. The number of hydrogen-bond donors (Lipinski definition) is 0. The largest absolute Gasteiger partial charge is 0.310 e. The Kier molecular flexibility index (Phi) is 8.16. The predicted molar refractivity (Wildman–Crippen MR) is 274 cm³/mol. The monoisotopic (exact) mass is 834 g/mol. The summed E-state index contributed by atoms with van der Waals surface area (Å²) in [4.78, 5) is 2.43. The minimum absolute atomic E-state index is 0.119. The standard InChI is InChI=1S/C61H42N2S/c1-61(2)54-22-9-5-17-48(54)49-37-35-44(38-55(49)61)62(43-33-28-41(29-34-43)47-20-13-21-52-53-36-30-39-14-3-4-16-46(39)60(53)64-59(47)52)42-31-26-40(27-32-42)45-15-6-10-23-56(45)63-57-24-11-7-18-50(57)51-19-8-12-25-58(51)63/h3-38H,1-2H3. The first-order valence-electron chi connectivity index (χ1n) is 22.2. The fourth-order valence-corrected chi connectivity index (χ4v) is 12.1. The van der Waals surface area contributed by atoms with Crippen LogP contribution in [-0.4, -0.2) is 4.57 Å². The molecule has 0 fully saturated rings. The second kappa shape index (κ2) is 14.2. The van der Waals surface area contributed by atoms with Crippen molar-refractivity contribution in [3.63, 3.8) is 0 Å². The highest BCUT2D eigenvalue weighted by Gasteiger charge is 2.35. The van der Waals surface area contributed by atoms with Gasteiger partial charge in [0.2, 0.25) is 0 Å². The van der Waals surface area contributed by atoms with E-state index in [1.165, 1.54) is 103 Å². The van der Waals surface area contributed by atoms with Gasteiger partial charge in [0.1, 0.15) is 0 Å². The molecule has 10 aromatic carbocycles. The van der Waals surface area contributed by atoms with Gasteiger partial charge in [0, 0.05) is 59.0 Å². The molecule has 12 aromatic rings. The lowest BCUT2D eigenvalue weighted by atomic mass is 9.82. The maximum absolute atomic E-state index is 2.43. The van der Waals surface area contributed by atoms with Crippen LogP contribution in [0.1, 0.15) is 25.0 Å². The summed E-state index contributed by atoms with van der Waals surface area (Å²) in [6.45, 7) is 4.72. The molecule has 0 aliphatic heterocycles. The molecule has 0 saturated heterocycles. The van der Waals surface area contributed by atoms with Crippen molar-refractivity contribution in [3.05, 3.63) is 230 Å². The van der Waals surface area contributed by atoms with E-state index in [2.05, 4.69) is 242 Å². The summed E-state index contributed by atoms with van der Waals surface area (Å²) in [7, 11) is 0. The van der Waals surface area contributed by atoms with Crippen molar-refractivity contribution in [2.45, 2.75) is 19.3 Å². The van der Waals surface area contributed by atoms with Crippen molar-refractivity contribution in [2.24, 2.45) is 0 Å². The van der Waals surface area contributed by atoms with Crippen LogP contribution in [0, 0.1) is 0 Å². The summed E-state index contributed by atoms with van der Waals surface area (Å²) >= 11 is 1.91. The Morgan fingerprint density at radius 3 is 1.64 bits per heavy atom. The second-order valence-corrected chi connectivity index (χ2v) is 18.7. The summed E-state index contributed by atoms with van der Waals surface area (Å²) in [5, 5.41) is 7.77. The molecule has 0 N–H and O–H groups in total. The fourth-order valence-electron chi connectivity index (χ4n) is 10.7. The van der Waals surface area contributed by atoms with E-state index in [-0.39, 0.29) is 5.41 Å². The fraction of sp³-hybridized carbons (Fsp3) is 0.0492. The van der Waals surface area contributed by atoms with Gasteiger partial charge in [0.25, 0.3) is 0 Å². The van der Waals surface area contributed by atoms with Crippen molar-refractivity contribution in [2.75, 3.05) is 4.90 Å². The molecule has 0 spiro atoms. The molecule has 1 aliphatic carbocycles. The maximum Gasteiger partial charge on any atom is 0.0541 e. The lowest BCUT2D eigenvalue weighted by Gasteiger charge is -2.28. The van der Waals surface area contributed by atoms with E-state index in [9.17, 15) is 0 Å². The van der Waals surface area contributed by atoms with E-state index in [4.69, 9.17) is 0 Å². The molecule has 0 bridgehead atoms. The van der Waals surface area contributed by atoms with Gasteiger partial charge in [-0.3, -0.25) is 0 Å². The van der Waals surface area contributed by atoms with Gasteiger partial charge in [0.05, 0.1) is 16.7 Å². The van der Waals surface area contributed by atoms with Crippen LogP contribution in [-0.2, 0) is 5.41 Å². The number of benzene rings is 10. The van der Waals surface area contributed by atoms with Crippen molar-refractivity contribution in [1.82, 2.24) is 4.57 Å². The van der Waals surface area contributed by atoms with E-state index < -0.39 is 0 Å². The third-order valence-electron chi connectivity index (χ3n) is 13.8. The Morgan fingerprint density at radius 2 is 0.906 bits per heavy atom. The molecule has 0 amide bonds. The molecule has 13 rings (SSSR count). The van der Waals surface area contributed by atoms with E-state index in [1.807, 2.05) is 11.3 Å². The van der Waals surface area contributed by atoms with Crippen molar-refractivity contribution < 1.29 is 0 Å². The van der Waals surface area contributed by atoms with Crippen molar-refractivity contribution >= 4 is 81.1 Å². The molecule has 3 heteroatoms. The van der Waals surface area contributed by atoms with Gasteiger partial charge in [0.15, 0.2) is 0 Å². The number of fused-ring (bicyclic) bond motifs is 11. The van der Waals surface area contributed by atoms with E-state index in [1.54, 1.807) is 0 Å². The van der Waals surface area contributed by atoms with Gasteiger partial charge in [-0.05, 0) is 104 Å². The van der Waals surface area contributed by atoms with Gasteiger partial charge in [-0.25, -0.2) is 0 Å². The van der Waals surface area contributed by atoms with Crippen LogP contribution in [0.5, 0.6) is 0 Å². The SMILES string of the molecule is CC1(C)c2ccccc2-c2ccc(N(c3ccc(-c4ccccc4-n4c5ccccc5c5ccccc54)cc3)c3ccc(-c4cccc5c4sc4c6ccccc6ccc54)cc3)cc21. The van der Waals surface area contributed by atoms with Gasteiger partial charge >= 0.3 is 0 Å². The molecule has 0 atom stereocenters. The minimum Gasteiger partial charge on any atom is -0.310 e.